The lowest BCUT2D eigenvalue weighted by atomic mass is 10.1. The van der Waals surface area contributed by atoms with Crippen LogP contribution in [0.2, 0.25) is 0 Å². The minimum atomic E-state index is -4.48. The lowest BCUT2D eigenvalue weighted by molar-refractivity contribution is -0.127. The minimum absolute atomic E-state index is 0.120. The number of hydrogen-bond donors (Lipinski definition) is 0. The first kappa shape index (κ1) is 12.5. The third-order valence-corrected chi connectivity index (χ3v) is 1.87. The number of rotatable bonds is 2. The second kappa shape index (κ2) is 4.51. The van der Waals surface area contributed by atoms with Crippen molar-refractivity contribution in [2.24, 2.45) is 0 Å². The Morgan fingerprint density at radius 2 is 2.00 bits per heavy atom. The molecule has 1 aromatic carbocycles. The van der Waals surface area contributed by atoms with Crippen molar-refractivity contribution in [2.45, 2.75) is 12.6 Å². The highest BCUT2D eigenvalue weighted by Gasteiger charge is 2.29. The van der Waals surface area contributed by atoms with Gasteiger partial charge in [-0.2, -0.15) is 13.2 Å². The van der Waals surface area contributed by atoms with Gasteiger partial charge in [-0.15, -0.1) is 0 Å². The Morgan fingerprint density at radius 1 is 1.38 bits per heavy atom. The van der Waals surface area contributed by atoms with Gasteiger partial charge in [-0.05, 0) is 17.7 Å². The van der Waals surface area contributed by atoms with Crippen LogP contribution in [0.15, 0.2) is 18.2 Å². The van der Waals surface area contributed by atoms with Gasteiger partial charge >= 0.3 is 12.1 Å². The zero-order valence-corrected chi connectivity index (χ0v) is 8.27. The smallest absolute Gasteiger partial charge is 0.393 e. The fraction of sp³-hybridized carbons (Fsp3) is 0.300. The van der Waals surface area contributed by atoms with E-state index >= 15 is 0 Å². The van der Waals surface area contributed by atoms with Crippen LogP contribution in [0, 0.1) is 5.82 Å². The van der Waals surface area contributed by atoms with Crippen molar-refractivity contribution in [1.82, 2.24) is 0 Å². The van der Waals surface area contributed by atoms with Crippen molar-refractivity contribution < 1.29 is 27.1 Å². The molecule has 0 atom stereocenters. The molecule has 2 nitrogen and oxygen atoms in total. The Morgan fingerprint density at radius 3 is 2.44 bits per heavy atom. The molecule has 0 spiro atoms. The molecule has 0 radical (unpaired) electrons. The number of alkyl halides is 3. The second-order valence-corrected chi connectivity index (χ2v) is 3.09. The molecule has 0 aliphatic carbocycles. The van der Waals surface area contributed by atoms with Gasteiger partial charge in [-0.25, -0.2) is 9.18 Å². The Balaban J connectivity index is 2.96. The first-order valence-corrected chi connectivity index (χ1v) is 4.27. The van der Waals surface area contributed by atoms with Crippen molar-refractivity contribution in [1.29, 1.82) is 0 Å². The van der Waals surface area contributed by atoms with Crippen LogP contribution >= 0.6 is 0 Å². The molecule has 0 heterocycles. The molecule has 0 amide bonds. The van der Waals surface area contributed by atoms with Gasteiger partial charge in [0.05, 0.1) is 19.1 Å². The number of carbonyl (C=O) groups excluding carboxylic acids is 1. The Hall–Kier alpha value is -1.59. The molecule has 16 heavy (non-hydrogen) atoms. The van der Waals surface area contributed by atoms with E-state index in [9.17, 15) is 22.4 Å². The van der Waals surface area contributed by atoms with E-state index in [1.54, 1.807) is 0 Å². The fourth-order valence-corrected chi connectivity index (χ4v) is 1.15. The summed E-state index contributed by atoms with van der Waals surface area (Å²) in [5.41, 5.74) is -0.619. The largest absolute Gasteiger partial charge is 0.465 e. The molecule has 0 bridgehead atoms. The standard InChI is InChI=1S/C10H8F4O2/c1-16-9(15)6-2-3-7(8(11)4-6)5-10(12,13)14/h2-4H,5H2,1H3. The Kier molecular flexibility index (Phi) is 3.51. The fourth-order valence-electron chi connectivity index (χ4n) is 1.15. The summed E-state index contributed by atoms with van der Waals surface area (Å²) in [4.78, 5) is 11.0. The molecule has 0 N–H and O–H groups in total. The molecule has 0 aliphatic rings. The number of halogens is 4. The van der Waals surface area contributed by atoms with E-state index in [-0.39, 0.29) is 5.56 Å². The van der Waals surface area contributed by atoms with E-state index in [1.807, 2.05) is 0 Å². The molecule has 1 rings (SSSR count). The van der Waals surface area contributed by atoms with Gasteiger partial charge in [0, 0.05) is 0 Å². The maximum absolute atomic E-state index is 13.2. The SMILES string of the molecule is COC(=O)c1ccc(CC(F)(F)F)c(F)c1. The average Bonchev–Trinajstić information content (AvgIpc) is 2.18. The predicted molar refractivity (Wildman–Crippen MR) is 47.5 cm³/mol. The van der Waals surface area contributed by atoms with Crippen LogP contribution in [0.1, 0.15) is 15.9 Å². The summed E-state index contributed by atoms with van der Waals surface area (Å²) in [7, 11) is 1.10. The van der Waals surface area contributed by atoms with Crippen molar-refractivity contribution in [3.05, 3.63) is 35.1 Å². The summed E-state index contributed by atoms with van der Waals surface area (Å²) < 4.78 is 53.4. The molecule has 1 aromatic rings. The number of methoxy groups -OCH3 is 1. The predicted octanol–water partition coefficient (Wildman–Crippen LogP) is 2.72. The Labute approximate surface area is 88.8 Å². The van der Waals surface area contributed by atoms with Gasteiger partial charge in [0.2, 0.25) is 0 Å². The van der Waals surface area contributed by atoms with Crippen LogP contribution in [0.3, 0.4) is 0 Å². The van der Waals surface area contributed by atoms with Gasteiger partial charge in [-0.3, -0.25) is 0 Å². The number of hydrogen-bond acceptors (Lipinski definition) is 2. The van der Waals surface area contributed by atoms with Crippen LogP contribution in [0.5, 0.6) is 0 Å². The summed E-state index contributed by atoms with van der Waals surface area (Å²) in [5, 5.41) is 0. The summed E-state index contributed by atoms with van der Waals surface area (Å²) in [6.45, 7) is 0. The number of carbonyl (C=O) groups is 1. The molecule has 6 heteroatoms. The van der Waals surface area contributed by atoms with Crippen molar-refractivity contribution in [3.63, 3.8) is 0 Å². The van der Waals surface area contributed by atoms with Crippen molar-refractivity contribution in [2.75, 3.05) is 7.11 Å². The van der Waals surface area contributed by atoms with E-state index in [2.05, 4.69) is 4.74 Å². The van der Waals surface area contributed by atoms with Crippen LogP contribution < -0.4 is 0 Å². The average molecular weight is 236 g/mol. The van der Waals surface area contributed by atoms with E-state index in [4.69, 9.17) is 0 Å². The topological polar surface area (TPSA) is 26.3 Å². The molecular weight excluding hydrogens is 228 g/mol. The third kappa shape index (κ3) is 3.22. The lowest BCUT2D eigenvalue weighted by Gasteiger charge is -2.08. The highest BCUT2D eigenvalue weighted by molar-refractivity contribution is 5.89. The molecule has 0 unspecified atom stereocenters. The normalized spacial score (nSPS) is 11.3. The van der Waals surface area contributed by atoms with Gasteiger partial charge in [0.25, 0.3) is 0 Å². The van der Waals surface area contributed by atoms with E-state index in [0.717, 1.165) is 25.3 Å². The molecule has 0 saturated heterocycles. The maximum atomic E-state index is 13.2. The zero-order valence-electron chi connectivity index (χ0n) is 8.27. The Bertz CT molecular complexity index is 398. The summed E-state index contributed by atoms with van der Waals surface area (Å²) in [6.07, 6.45) is -5.84. The maximum Gasteiger partial charge on any atom is 0.393 e. The quantitative estimate of drug-likeness (QED) is 0.583. The number of ether oxygens (including phenoxy) is 1. The van der Waals surface area contributed by atoms with E-state index in [0.29, 0.717) is 0 Å². The summed E-state index contributed by atoms with van der Waals surface area (Å²) >= 11 is 0. The van der Waals surface area contributed by atoms with Crippen LogP contribution in [0.4, 0.5) is 17.6 Å². The van der Waals surface area contributed by atoms with Crippen LogP contribution in [-0.2, 0) is 11.2 Å². The number of benzene rings is 1. The lowest BCUT2D eigenvalue weighted by Crippen LogP contribution is -2.13. The highest BCUT2D eigenvalue weighted by Crippen LogP contribution is 2.23. The van der Waals surface area contributed by atoms with E-state index in [1.165, 1.54) is 0 Å². The first-order valence-electron chi connectivity index (χ1n) is 4.27. The van der Waals surface area contributed by atoms with Crippen molar-refractivity contribution >= 4 is 5.97 Å². The molecule has 0 fully saturated rings. The molecule has 88 valence electrons. The van der Waals surface area contributed by atoms with Crippen LogP contribution in [-0.4, -0.2) is 19.3 Å². The van der Waals surface area contributed by atoms with Gasteiger partial charge in [0.1, 0.15) is 5.82 Å². The van der Waals surface area contributed by atoms with Gasteiger partial charge in [-0.1, -0.05) is 6.07 Å². The van der Waals surface area contributed by atoms with Gasteiger partial charge in [0.15, 0.2) is 0 Å². The third-order valence-electron chi connectivity index (χ3n) is 1.87. The summed E-state index contributed by atoms with van der Waals surface area (Å²) in [5.74, 6) is -1.86. The van der Waals surface area contributed by atoms with Gasteiger partial charge < -0.3 is 4.74 Å². The van der Waals surface area contributed by atoms with Crippen molar-refractivity contribution in [3.8, 4) is 0 Å². The highest BCUT2D eigenvalue weighted by atomic mass is 19.4. The molecular formula is C10H8F4O2. The zero-order chi connectivity index (χ0) is 12.3. The molecule has 0 saturated carbocycles. The molecule has 0 aromatic heterocycles. The summed E-state index contributed by atoms with van der Waals surface area (Å²) in [6, 6.07) is 2.75. The second-order valence-electron chi connectivity index (χ2n) is 3.09. The van der Waals surface area contributed by atoms with Crippen LogP contribution in [0.25, 0.3) is 0 Å². The first-order chi connectivity index (χ1) is 7.33. The van der Waals surface area contributed by atoms with E-state index < -0.39 is 29.9 Å². The number of esters is 1. The molecule has 0 aliphatic heterocycles. The monoisotopic (exact) mass is 236 g/mol. The minimum Gasteiger partial charge on any atom is -0.465 e.